The molecule has 5 rings (SSSR count). The lowest BCUT2D eigenvalue weighted by molar-refractivity contribution is -0.120. The zero-order chi connectivity index (χ0) is 32.0. The molecule has 46 heavy (non-hydrogen) atoms. The number of carbonyl (C=O) groups is 2. The Morgan fingerprint density at radius 2 is 1.37 bits per heavy atom. The van der Waals surface area contributed by atoms with Gasteiger partial charge < -0.3 is 20.3 Å². The van der Waals surface area contributed by atoms with Crippen molar-refractivity contribution in [2.75, 3.05) is 32.7 Å². The Balaban J connectivity index is 1.18. The Hall–Kier alpha value is -4.49. The molecule has 0 saturated carbocycles. The van der Waals surface area contributed by atoms with Crippen LogP contribution in [-0.2, 0) is 28.0 Å². The number of halogens is 1. The molecule has 7 heteroatoms. The van der Waals surface area contributed by atoms with E-state index in [0.29, 0.717) is 12.5 Å². The van der Waals surface area contributed by atoms with Crippen LogP contribution >= 0.6 is 0 Å². The molecular weight excluding hydrogens is 577 g/mol. The van der Waals surface area contributed by atoms with Gasteiger partial charge in [0, 0.05) is 12.0 Å². The number of carbonyl (C=O) groups excluding carboxylic acids is 2. The first kappa shape index (κ1) is 32.9. The molecule has 240 valence electrons. The van der Waals surface area contributed by atoms with Crippen LogP contribution in [-0.4, -0.2) is 49.6 Å². The maximum atomic E-state index is 14.2. The van der Waals surface area contributed by atoms with Crippen LogP contribution < -0.4 is 10.6 Å². The van der Waals surface area contributed by atoms with Crippen molar-refractivity contribution in [2.24, 2.45) is 5.92 Å². The predicted octanol–water partition coefficient (Wildman–Crippen LogP) is 6.89. The molecule has 0 radical (unpaired) electrons. The van der Waals surface area contributed by atoms with Crippen molar-refractivity contribution in [1.82, 2.24) is 15.5 Å². The molecule has 0 spiro atoms. The summed E-state index contributed by atoms with van der Waals surface area (Å²) in [5, 5.41) is 5.69. The lowest BCUT2D eigenvalue weighted by Crippen LogP contribution is -2.45. The minimum atomic E-state index is -0.631. The average molecular weight is 622 g/mol. The van der Waals surface area contributed by atoms with Crippen molar-refractivity contribution >= 4 is 12.0 Å². The molecule has 1 saturated heterocycles. The van der Waals surface area contributed by atoms with Crippen molar-refractivity contribution in [3.8, 4) is 0 Å². The number of amides is 2. The first-order valence-electron chi connectivity index (χ1n) is 16.3. The molecule has 0 unspecified atom stereocenters. The number of alkyl carbamates (subject to hydrolysis) is 1. The molecule has 1 aliphatic rings. The smallest absolute Gasteiger partial charge is 0.407 e. The lowest BCUT2D eigenvalue weighted by Gasteiger charge is -2.37. The minimum absolute atomic E-state index is 0.103. The van der Waals surface area contributed by atoms with Crippen molar-refractivity contribution in [2.45, 2.75) is 44.1 Å². The Morgan fingerprint density at radius 1 is 0.783 bits per heavy atom. The highest BCUT2D eigenvalue weighted by Gasteiger charge is 2.34. The molecule has 0 atom stereocenters. The highest BCUT2D eigenvalue weighted by Crippen LogP contribution is 2.37. The maximum Gasteiger partial charge on any atom is 0.407 e. The summed E-state index contributed by atoms with van der Waals surface area (Å²) in [4.78, 5) is 27.8. The number of hydrogen-bond donors (Lipinski definition) is 2. The molecule has 2 N–H and O–H groups in total. The van der Waals surface area contributed by atoms with E-state index in [9.17, 15) is 14.0 Å². The second-order valence-electron chi connectivity index (χ2n) is 12.2. The minimum Gasteiger partial charge on any atom is -0.445 e. The Kier molecular flexibility index (Phi) is 12.0. The highest BCUT2D eigenvalue weighted by atomic mass is 19.1. The van der Waals surface area contributed by atoms with Crippen molar-refractivity contribution < 1.29 is 18.7 Å². The van der Waals surface area contributed by atoms with E-state index in [4.69, 9.17) is 4.74 Å². The molecular formula is C39H44FN3O3. The van der Waals surface area contributed by atoms with Gasteiger partial charge in [0.1, 0.15) is 12.4 Å². The molecule has 0 aromatic heterocycles. The monoisotopic (exact) mass is 621 g/mol. The largest absolute Gasteiger partial charge is 0.445 e. The van der Waals surface area contributed by atoms with E-state index >= 15 is 0 Å². The van der Waals surface area contributed by atoms with E-state index in [2.05, 4.69) is 39.8 Å². The molecule has 2 amide bonds. The number of piperidine rings is 1. The van der Waals surface area contributed by atoms with Crippen LogP contribution in [0.25, 0.3) is 0 Å². The Bertz CT molecular complexity index is 1470. The second kappa shape index (κ2) is 16.7. The molecule has 1 fully saturated rings. The maximum absolute atomic E-state index is 14.2. The van der Waals surface area contributed by atoms with E-state index < -0.39 is 11.5 Å². The standard InChI is InChI=1S/C39H44FN3O3/c40-36-20-11-10-15-33(36)27-31-21-25-43(26-22-31)24-12-23-39(34-16-6-2-7-17-34,35-18-8-3-9-19-35)30-42-37(44)28-41-38(45)46-29-32-13-4-1-5-14-32/h1-11,13-20,31H,12,21-30H2,(H,41,45)(H,42,44). The zero-order valence-electron chi connectivity index (χ0n) is 26.4. The van der Waals surface area contributed by atoms with Crippen molar-refractivity contribution in [1.29, 1.82) is 0 Å². The SMILES string of the molecule is O=C(CNC(=O)OCc1ccccc1)NCC(CCCN1CCC(Cc2ccccc2F)CC1)(c1ccccc1)c1ccccc1. The number of nitrogens with one attached hydrogen (secondary N) is 2. The first-order chi connectivity index (χ1) is 22.5. The van der Waals surface area contributed by atoms with Gasteiger partial charge in [0.2, 0.25) is 5.91 Å². The number of rotatable bonds is 14. The quantitative estimate of drug-likeness (QED) is 0.161. The molecule has 1 heterocycles. The van der Waals surface area contributed by atoms with Crippen molar-refractivity contribution in [3.05, 3.63) is 143 Å². The van der Waals surface area contributed by atoms with E-state index in [-0.39, 0.29) is 24.9 Å². The molecule has 1 aliphatic heterocycles. The molecule has 0 bridgehead atoms. The zero-order valence-corrected chi connectivity index (χ0v) is 26.4. The van der Waals surface area contributed by atoms with Gasteiger partial charge >= 0.3 is 6.09 Å². The van der Waals surface area contributed by atoms with E-state index in [1.54, 1.807) is 12.1 Å². The molecule has 6 nitrogen and oxygen atoms in total. The van der Waals surface area contributed by atoms with Gasteiger partial charge in [-0.1, -0.05) is 109 Å². The third-order valence-corrected chi connectivity index (χ3v) is 9.10. The van der Waals surface area contributed by atoms with Gasteiger partial charge in [-0.05, 0) is 86.0 Å². The third kappa shape index (κ3) is 9.27. The summed E-state index contributed by atoms with van der Waals surface area (Å²) in [6, 6.07) is 37.3. The summed E-state index contributed by atoms with van der Waals surface area (Å²) in [6.45, 7) is 3.33. The van der Waals surface area contributed by atoms with Gasteiger partial charge in [-0.3, -0.25) is 4.79 Å². The van der Waals surface area contributed by atoms with Crippen LogP contribution in [0.1, 0.15) is 47.9 Å². The molecule has 0 aliphatic carbocycles. The normalized spacial score (nSPS) is 14.0. The van der Waals surface area contributed by atoms with Gasteiger partial charge in [-0.15, -0.1) is 0 Å². The van der Waals surface area contributed by atoms with E-state index in [1.165, 1.54) is 0 Å². The van der Waals surface area contributed by atoms with Crippen LogP contribution in [0.15, 0.2) is 115 Å². The number of benzene rings is 4. The van der Waals surface area contributed by atoms with Crippen LogP contribution in [0.4, 0.5) is 9.18 Å². The fraction of sp³-hybridized carbons (Fsp3) is 0.333. The third-order valence-electron chi connectivity index (χ3n) is 9.10. The highest BCUT2D eigenvalue weighted by molar-refractivity contribution is 5.82. The van der Waals surface area contributed by atoms with Crippen molar-refractivity contribution in [3.63, 3.8) is 0 Å². The van der Waals surface area contributed by atoms with Gasteiger partial charge in [0.05, 0.1) is 6.54 Å². The summed E-state index contributed by atoms with van der Waals surface area (Å²) >= 11 is 0. The second-order valence-corrected chi connectivity index (χ2v) is 12.2. The number of ether oxygens (including phenoxy) is 1. The fourth-order valence-corrected chi connectivity index (χ4v) is 6.49. The summed E-state index contributed by atoms with van der Waals surface area (Å²) < 4.78 is 19.5. The number of nitrogens with zero attached hydrogens (tertiary/aromatic N) is 1. The van der Waals surface area contributed by atoms with Gasteiger partial charge in [0.25, 0.3) is 0 Å². The first-order valence-corrected chi connectivity index (χ1v) is 16.3. The summed E-state index contributed by atoms with van der Waals surface area (Å²) in [5.41, 5.74) is 3.53. The summed E-state index contributed by atoms with van der Waals surface area (Å²) in [7, 11) is 0. The Morgan fingerprint density at radius 3 is 2.00 bits per heavy atom. The predicted molar refractivity (Wildman–Crippen MR) is 180 cm³/mol. The average Bonchev–Trinajstić information content (AvgIpc) is 3.11. The summed E-state index contributed by atoms with van der Waals surface area (Å²) in [6.07, 6.45) is 4.07. The Labute approximate surface area is 272 Å². The van der Waals surface area contributed by atoms with Gasteiger partial charge in [-0.25, -0.2) is 9.18 Å². The number of likely N-dealkylation sites (tertiary alicyclic amines) is 1. The van der Waals surface area contributed by atoms with Gasteiger partial charge in [0.15, 0.2) is 0 Å². The van der Waals surface area contributed by atoms with E-state index in [1.807, 2.05) is 78.9 Å². The number of hydrogen-bond acceptors (Lipinski definition) is 4. The summed E-state index contributed by atoms with van der Waals surface area (Å²) in [5.74, 6) is 0.124. The van der Waals surface area contributed by atoms with Crippen LogP contribution in [0, 0.1) is 11.7 Å². The topological polar surface area (TPSA) is 70.7 Å². The van der Waals surface area contributed by atoms with Crippen LogP contribution in [0.5, 0.6) is 0 Å². The lowest BCUT2D eigenvalue weighted by atomic mass is 9.71. The van der Waals surface area contributed by atoms with Crippen LogP contribution in [0.3, 0.4) is 0 Å². The molecule has 4 aromatic carbocycles. The van der Waals surface area contributed by atoms with E-state index in [0.717, 1.165) is 74.0 Å². The fourth-order valence-electron chi connectivity index (χ4n) is 6.49. The molecule has 4 aromatic rings. The van der Waals surface area contributed by atoms with Crippen LogP contribution in [0.2, 0.25) is 0 Å². The van der Waals surface area contributed by atoms with Gasteiger partial charge in [-0.2, -0.15) is 0 Å².